The summed E-state index contributed by atoms with van der Waals surface area (Å²) in [4.78, 5) is 0. The number of ether oxygens (including phenoxy) is 1. The van der Waals surface area contributed by atoms with Crippen LogP contribution >= 0.6 is 34.8 Å². The Kier molecular flexibility index (Phi) is 4.94. The Bertz CT molecular complexity index is 574. The normalized spacial score (nSPS) is 12.2. The van der Waals surface area contributed by atoms with Crippen LogP contribution in [-0.2, 0) is 0 Å². The van der Waals surface area contributed by atoms with Gasteiger partial charge in [-0.15, -0.1) is 0 Å². The van der Waals surface area contributed by atoms with Gasteiger partial charge in [-0.3, -0.25) is 0 Å². The molecule has 0 saturated heterocycles. The van der Waals surface area contributed by atoms with E-state index in [2.05, 4.69) is 0 Å². The molecule has 5 heteroatoms. The van der Waals surface area contributed by atoms with Gasteiger partial charge in [-0.05, 0) is 42.0 Å². The highest BCUT2D eigenvalue weighted by atomic mass is 35.5. The summed E-state index contributed by atoms with van der Waals surface area (Å²) in [6.07, 6.45) is 0. The SMILES string of the molecule is NC(COc1cccc(Cl)c1)c1cc(Cl)ccc1Cl. The maximum Gasteiger partial charge on any atom is 0.120 e. The number of nitrogens with two attached hydrogens (primary N) is 1. The van der Waals surface area contributed by atoms with Crippen molar-refractivity contribution in [3.05, 3.63) is 63.1 Å². The molecule has 1 unspecified atom stereocenters. The minimum Gasteiger partial charge on any atom is -0.492 e. The monoisotopic (exact) mass is 315 g/mol. The third-order valence-corrected chi connectivity index (χ3v) is 3.40. The first-order chi connectivity index (χ1) is 9.06. The predicted octanol–water partition coefficient (Wildman–Crippen LogP) is 4.73. The summed E-state index contributed by atoms with van der Waals surface area (Å²) in [5.74, 6) is 0.668. The first kappa shape index (κ1) is 14.5. The molecule has 0 fully saturated rings. The summed E-state index contributed by atoms with van der Waals surface area (Å²) in [6.45, 7) is 0.292. The van der Waals surface area contributed by atoms with E-state index in [9.17, 15) is 0 Å². The van der Waals surface area contributed by atoms with Crippen LogP contribution in [0.4, 0.5) is 0 Å². The van der Waals surface area contributed by atoms with E-state index in [0.717, 1.165) is 5.56 Å². The molecule has 2 rings (SSSR count). The topological polar surface area (TPSA) is 35.2 Å². The zero-order valence-corrected chi connectivity index (χ0v) is 12.2. The van der Waals surface area contributed by atoms with Gasteiger partial charge < -0.3 is 10.5 Å². The molecule has 0 aromatic heterocycles. The fraction of sp³-hybridized carbons (Fsp3) is 0.143. The zero-order chi connectivity index (χ0) is 13.8. The van der Waals surface area contributed by atoms with E-state index in [4.69, 9.17) is 45.3 Å². The molecule has 2 nitrogen and oxygen atoms in total. The van der Waals surface area contributed by atoms with Crippen molar-refractivity contribution < 1.29 is 4.74 Å². The molecule has 0 heterocycles. The van der Waals surface area contributed by atoms with Crippen molar-refractivity contribution in [2.24, 2.45) is 5.73 Å². The van der Waals surface area contributed by atoms with Gasteiger partial charge in [0, 0.05) is 15.1 Å². The van der Waals surface area contributed by atoms with Crippen LogP contribution in [0.2, 0.25) is 15.1 Å². The van der Waals surface area contributed by atoms with Crippen LogP contribution in [-0.4, -0.2) is 6.61 Å². The van der Waals surface area contributed by atoms with Gasteiger partial charge >= 0.3 is 0 Å². The zero-order valence-electron chi connectivity index (χ0n) is 9.95. The highest BCUT2D eigenvalue weighted by Gasteiger charge is 2.11. The van der Waals surface area contributed by atoms with Crippen LogP contribution in [0.3, 0.4) is 0 Å². The molecule has 1 atom stereocenters. The van der Waals surface area contributed by atoms with Gasteiger partial charge in [0.05, 0.1) is 6.04 Å². The van der Waals surface area contributed by atoms with Gasteiger partial charge in [-0.1, -0.05) is 40.9 Å². The quantitative estimate of drug-likeness (QED) is 0.885. The van der Waals surface area contributed by atoms with Gasteiger partial charge in [-0.25, -0.2) is 0 Å². The number of hydrogen-bond acceptors (Lipinski definition) is 2. The molecule has 0 saturated carbocycles. The molecule has 0 aliphatic carbocycles. The van der Waals surface area contributed by atoms with E-state index in [1.165, 1.54) is 0 Å². The highest BCUT2D eigenvalue weighted by Crippen LogP contribution is 2.26. The third-order valence-electron chi connectivity index (χ3n) is 2.58. The van der Waals surface area contributed by atoms with E-state index in [1.807, 2.05) is 12.1 Å². The van der Waals surface area contributed by atoms with Crippen molar-refractivity contribution in [2.75, 3.05) is 6.61 Å². The summed E-state index contributed by atoms with van der Waals surface area (Å²) in [6, 6.07) is 12.0. The molecule has 0 radical (unpaired) electrons. The Morgan fingerprint density at radius 1 is 1.00 bits per heavy atom. The minimum absolute atomic E-state index is 0.292. The molecule has 0 aliphatic rings. The number of hydrogen-bond donors (Lipinski definition) is 1. The lowest BCUT2D eigenvalue weighted by Gasteiger charge is -2.15. The highest BCUT2D eigenvalue weighted by molar-refractivity contribution is 6.33. The Labute approximate surface area is 127 Å². The van der Waals surface area contributed by atoms with Crippen molar-refractivity contribution in [3.8, 4) is 5.75 Å². The van der Waals surface area contributed by atoms with Crippen LogP contribution in [0.1, 0.15) is 11.6 Å². The molecule has 19 heavy (non-hydrogen) atoms. The average molecular weight is 317 g/mol. The third kappa shape index (κ3) is 4.02. The Balaban J connectivity index is 2.05. The largest absolute Gasteiger partial charge is 0.492 e. The second-order valence-corrected chi connectivity index (χ2v) is 5.32. The number of benzene rings is 2. The van der Waals surface area contributed by atoms with Crippen molar-refractivity contribution in [2.45, 2.75) is 6.04 Å². The van der Waals surface area contributed by atoms with Crippen molar-refractivity contribution in [1.82, 2.24) is 0 Å². The standard InChI is InChI=1S/C14H12Cl3NO/c15-9-2-1-3-11(6-9)19-8-14(18)12-7-10(16)4-5-13(12)17/h1-7,14H,8,18H2. The van der Waals surface area contributed by atoms with Gasteiger partial charge in [-0.2, -0.15) is 0 Å². The second-order valence-electron chi connectivity index (χ2n) is 4.04. The summed E-state index contributed by atoms with van der Waals surface area (Å²) in [7, 11) is 0. The fourth-order valence-electron chi connectivity index (χ4n) is 1.63. The van der Waals surface area contributed by atoms with E-state index < -0.39 is 0 Å². The van der Waals surface area contributed by atoms with Crippen molar-refractivity contribution in [3.63, 3.8) is 0 Å². The summed E-state index contributed by atoms with van der Waals surface area (Å²) < 4.78 is 5.59. The second kappa shape index (κ2) is 6.49. The van der Waals surface area contributed by atoms with Gasteiger partial charge in [0.15, 0.2) is 0 Å². The summed E-state index contributed by atoms with van der Waals surface area (Å²) in [5, 5.41) is 1.79. The van der Waals surface area contributed by atoms with Gasteiger partial charge in [0.25, 0.3) is 0 Å². The van der Waals surface area contributed by atoms with Crippen LogP contribution in [0, 0.1) is 0 Å². The average Bonchev–Trinajstić information content (AvgIpc) is 2.39. The van der Waals surface area contributed by atoms with Crippen molar-refractivity contribution in [1.29, 1.82) is 0 Å². The Hall–Kier alpha value is -0.930. The van der Waals surface area contributed by atoms with Gasteiger partial charge in [0.1, 0.15) is 12.4 Å². The smallest absolute Gasteiger partial charge is 0.120 e. The predicted molar refractivity (Wildman–Crippen MR) is 80.3 cm³/mol. The molecule has 0 aliphatic heterocycles. The molecule has 100 valence electrons. The number of halogens is 3. The minimum atomic E-state index is -0.356. The molecule has 2 aromatic rings. The fourth-order valence-corrected chi connectivity index (χ4v) is 2.25. The first-order valence-corrected chi connectivity index (χ1v) is 6.78. The molecule has 0 bridgehead atoms. The molecule has 2 N–H and O–H groups in total. The summed E-state index contributed by atoms with van der Waals surface area (Å²) in [5.41, 5.74) is 6.81. The van der Waals surface area contributed by atoms with Gasteiger partial charge in [0.2, 0.25) is 0 Å². The maximum absolute atomic E-state index is 6.08. The van der Waals surface area contributed by atoms with Crippen LogP contribution in [0.15, 0.2) is 42.5 Å². The number of rotatable bonds is 4. The lowest BCUT2D eigenvalue weighted by molar-refractivity contribution is 0.291. The molecular formula is C14H12Cl3NO. The molecular weight excluding hydrogens is 305 g/mol. The maximum atomic E-state index is 6.08. The molecule has 0 amide bonds. The van der Waals surface area contributed by atoms with Crippen LogP contribution in [0.25, 0.3) is 0 Å². The van der Waals surface area contributed by atoms with Crippen LogP contribution < -0.4 is 10.5 Å². The summed E-state index contributed by atoms with van der Waals surface area (Å²) >= 11 is 17.9. The van der Waals surface area contributed by atoms with E-state index >= 15 is 0 Å². The molecule has 0 spiro atoms. The van der Waals surface area contributed by atoms with Crippen molar-refractivity contribution >= 4 is 34.8 Å². The molecule has 2 aromatic carbocycles. The Morgan fingerprint density at radius 2 is 1.74 bits per heavy atom. The van der Waals surface area contributed by atoms with Crippen LogP contribution in [0.5, 0.6) is 5.75 Å². The van der Waals surface area contributed by atoms with E-state index in [-0.39, 0.29) is 6.04 Å². The lowest BCUT2D eigenvalue weighted by atomic mass is 10.1. The van der Waals surface area contributed by atoms with E-state index in [1.54, 1.807) is 30.3 Å². The van der Waals surface area contributed by atoms with E-state index in [0.29, 0.717) is 27.4 Å². The lowest BCUT2D eigenvalue weighted by Crippen LogP contribution is -2.19. The Morgan fingerprint density at radius 3 is 2.47 bits per heavy atom. The first-order valence-electron chi connectivity index (χ1n) is 5.65.